The third-order valence-corrected chi connectivity index (χ3v) is 3.04. The summed E-state index contributed by atoms with van der Waals surface area (Å²) in [4.78, 5) is 11.9. The van der Waals surface area contributed by atoms with Gasteiger partial charge in [0.25, 0.3) is 5.91 Å². The van der Waals surface area contributed by atoms with Crippen molar-refractivity contribution in [2.24, 2.45) is 0 Å². The zero-order valence-corrected chi connectivity index (χ0v) is 11.8. The van der Waals surface area contributed by atoms with Crippen LogP contribution in [0.5, 0.6) is 0 Å². The predicted octanol–water partition coefficient (Wildman–Crippen LogP) is 2.94. The molecule has 0 unspecified atom stereocenters. The van der Waals surface area contributed by atoms with Gasteiger partial charge in [0.15, 0.2) is 0 Å². The second kappa shape index (κ2) is 6.35. The summed E-state index contributed by atoms with van der Waals surface area (Å²) in [5.41, 5.74) is 0.768. The van der Waals surface area contributed by atoms with Crippen molar-refractivity contribution in [1.29, 1.82) is 0 Å². The lowest BCUT2D eigenvalue weighted by Crippen LogP contribution is -2.23. The van der Waals surface area contributed by atoms with Gasteiger partial charge in [-0.25, -0.2) is 8.78 Å². The van der Waals surface area contributed by atoms with Crippen LogP contribution in [0.4, 0.5) is 8.78 Å². The number of carbonyl (C=O) groups excluding carboxylic acids is 1. The molecular formula is C16H11F2N3O2. The number of rotatable bonds is 4. The van der Waals surface area contributed by atoms with Crippen molar-refractivity contribution in [3.8, 4) is 11.5 Å². The molecule has 0 radical (unpaired) electrons. The lowest BCUT2D eigenvalue weighted by Gasteiger charge is -2.02. The van der Waals surface area contributed by atoms with Crippen molar-refractivity contribution in [3.05, 3.63) is 71.6 Å². The maximum atomic E-state index is 13.1. The number of halogens is 2. The number of nitrogens with one attached hydrogen (secondary N) is 1. The molecule has 116 valence electrons. The van der Waals surface area contributed by atoms with E-state index in [0.717, 1.165) is 6.07 Å². The standard InChI is InChI=1S/C16H11F2N3O2/c17-12-6-4-10(5-7-12)16-21-20-14(23-16)9-19-15(22)11-2-1-3-13(18)8-11/h1-8H,9H2,(H,19,22). The molecule has 0 aliphatic heterocycles. The highest BCUT2D eigenvalue weighted by Gasteiger charge is 2.11. The molecule has 0 atom stereocenters. The predicted molar refractivity (Wildman–Crippen MR) is 77.3 cm³/mol. The second-order valence-electron chi connectivity index (χ2n) is 4.70. The first-order valence-electron chi connectivity index (χ1n) is 6.74. The van der Waals surface area contributed by atoms with Crippen molar-refractivity contribution in [3.63, 3.8) is 0 Å². The molecule has 0 aliphatic rings. The van der Waals surface area contributed by atoms with Crippen LogP contribution in [0.3, 0.4) is 0 Å². The van der Waals surface area contributed by atoms with Gasteiger partial charge in [-0.05, 0) is 42.5 Å². The van der Waals surface area contributed by atoms with E-state index in [2.05, 4.69) is 15.5 Å². The molecule has 0 fully saturated rings. The quantitative estimate of drug-likeness (QED) is 0.804. The van der Waals surface area contributed by atoms with Crippen LogP contribution in [0, 0.1) is 11.6 Å². The molecule has 0 spiro atoms. The summed E-state index contributed by atoms with van der Waals surface area (Å²) in [5.74, 6) is -0.898. The average Bonchev–Trinajstić information content (AvgIpc) is 3.02. The van der Waals surface area contributed by atoms with Crippen molar-refractivity contribution >= 4 is 5.91 Å². The van der Waals surface area contributed by atoms with Crippen LogP contribution in [-0.4, -0.2) is 16.1 Å². The molecule has 2 aromatic carbocycles. The van der Waals surface area contributed by atoms with Crippen LogP contribution in [-0.2, 0) is 6.54 Å². The fourth-order valence-electron chi connectivity index (χ4n) is 1.92. The molecule has 3 rings (SSSR count). The normalized spacial score (nSPS) is 10.5. The molecule has 7 heteroatoms. The molecule has 3 aromatic rings. The number of carbonyl (C=O) groups is 1. The maximum Gasteiger partial charge on any atom is 0.251 e. The third kappa shape index (κ3) is 3.57. The zero-order chi connectivity index (χ0) is 16.2. The molecule has 1 amide bonds. The van der Waals surface area contributed by atoms with E-state index in [-0.39, 0.29) is 29.7 Å². The van der Waals surface area contributed by atoms with Gasteiger partial charge in [-0.3, -0.25) is 4.79 Å². The summed E-state index contributed by atoms with van der Waals surface area (Å²) >= 11 is 0. The van der Waals surface area contributed by atoms with Crippen LogP contribution < -0.4 is 5.32 Å². The Morgan fingerprint density at radius 1 is 1.04 bits per heavy atom. The molecular weight excluding hydrogens is 304 g/mol. The molecule has 0 saturated heterocycles. The molecule has 1 aromatic heterocycles. The average molecular weight is 315 g/mol. The Hall–Kier alpha value is -3.09. The van der Waals surface area contributed by atoms with Gasteiger partial charge in [-0.1, -0.05) is 6.07 Å². The monoisotopic (exact) mass is 315 g/mol. The van der Waals surface area contributed by atoms with Crippen molar-refractivity contribution < 1.29 is 18.0 Å². The van der Waals surface area contributed by atoms with E-state index in [9.17, 15) is 13.6 Å². The lowest BCUT2D eigenvalue weighted by molar-refractivity contribution is 0.0947. The minimum absolute atomic E-state index is 0.00351. The van der Waals surface area contributed by atoms with Gasteiger partial charge in [-0.15, -0.1) is 10.2 Å². The number of hydrogen-bond donors (Lipinski definition) is 1. The van der Waals surface area contributed by atoms with E-state index in [1.54, 1.807) is 0 Å². The van der Waals surface area contributed by atoms with Gasteiger partial charge in [0.05, 0.1) is 6.54 Å². The minimum atomic E-state index is -0.492. The summed E-state index contributed by atoms with van der Waals surface area (Å²) in [7, 11) is 0. The Bertz CT molecular complexity index is 831. The first-order chi connectivity index (χ1) is 11.1. The van der Waals surface area contributed by atoms with Gasteiger partial charge in [-0.2, -0.15) is 0 Å². The molecule has 1 N–H and O–H groups in total. The number of aromatic nitrogens is 2. The summed E-state index contributed by atoms with van der Waals surface area (Å²) in [6, 6.07) is 10.9. The third-order valence-electron chi connectivity index (χ3n) is 3.04. The molecule has 23 heavy (non-hydrogen) atoms. The van der Waals surface area contributed by atoms with E-state index < -0.39 is 11.7 Å². The summed E-state index contributed by atoms with van der Waals surface area (Å²) < 4.78 is 31.3. The van der Waals surface area contributed by atoms with Crippen LogP contribution in [0.2, 0.25) is 0 Å². The first kappa shape index (κ1) is 14.8. The van der Waals surface area contributed by atoms with Gasteiger partial charge < -0.3 is 9.73 Å². The van der Waals surface area contributed by atoms with Gasteiger partial charge in [0.2, 0.25) is 11.8 Å². The number of hydrogen-bond acceptors (Lipinski definition) is 4. The summed E-state index contributed by atoms with van der Waals surface area (Å²) in [6.07, 6.45) is 0. The van der Waals surface area contributed by atoms with Crippen LogP contribution in [0.25, 0.3) is 11.5 Å². The van der Waals surface area contributed by atoms with E-state index >= 15 is 0 Å². The number of amides is 1. The Morgan fingerprint density at radius 2 is 1.83 bits per heavy atom. The molecule has 1 heterocycles. The minimum Gasteiger partial charge on any atom is -0.419 e. The first-order valence-corrected chi connectivity index (χ1v) is 6.74. The Balaban J connectivity index is 1.65. The zero-order valence-electron chi connectivity index (χ0n) is 11.8. The van der Waals surface area contributed by atoms with Crippen molar-refractivity contribution in [1.82, 2.24) is 15.5 Å². The van der Waals surface area contributed by atoms with Gasteiger partial charge in [0, 0.05) is 11.1 Å². The number of benzene rings is 2. The molecule has 0 saturated carbocycles. The fraction of sp³-hybridized carbons (Fsp3) is 0.0625. The largest absolute Gasteiger partial charge is 0.419 e. The summed E-state index contributed by atoms with van der Waals surface area (Å²) in [6.45, 7) is 0.00351. The van der Waals surface area contributed by atoms with Crippen molar-refractivity contribution in [2.45, 2.75) is 6.54 Å². The van der Waals surface area contributed by atoms with Gasteiger partial charge >= 0.3 is 0 Å². The van der Waals surface area contributed by atoms with Crippen LogP contribution >= 0.6 is 0 Å². The molecule has 5 nitrogen and oxygen atoms in total. The SMILES string of the molecule is O=C(NCc1nnc(-c2ccc(F)cc2)o1)c1cccc(F)c1. The smallest absolute Gasteiger partial charge is 0.251 e. The highest BCUT2D eigenvalue weighted by atomic mass is 19.1. The van der Waals surface area contributed by atoms with Crippen LogP contribution in [0.15, 0.2) is 52.9 Å². The topological polar surface area (TPSA) is 68.0 Å². The highest BCUT2D eigenvalue weighted by molar-refractivity contribution is 5.94. The van der Waals surface area contributed by atoms with E-state index in [0.29, 0.717) is 5.56 Å². The molecule has 0 bridgehead atoms. The second-order valence-corrected chi connectivity index (χ2v) is 4.70. The molecule has 0 aliphatic carbocycles. The Labute approximate surface area is 130 Å². The number of nitrogens with zero attached hydrogens (tertiary/aromatic N) is 2. The highest BCUT2D eigenvalue weighted by Crippen LogP contribution is 2.18. The maximum absolute atomic E-state index is 13.1. The van der Waals surface area contributed by atoms with E-state index in [1.807, 2.05) is 0 Å². The van der Waals surface area contributed by atoms with Crippen LogP contribution in [0.1, 0.15) is 16.2 Å². The Kier molecular flexibility index (Phi) is 4.09. The van der Waals surface area contributed by atoms with Gasteiger partial charge in [0.1, 0.15) is 11.6 Å². The fourth-order valence-corrected chi connectivity index (χ4v) is 1.92. The Morgan fingerprint density at radius 3 is 2.57 bits per heavy atom. The van der Waals surface area contributed by atoms with E-state index in [1.165, 1.54) is 42.5 Å². The summed E-state index contributed by atoms with van der Waals surface area (Å²) in [5, 5.41) is 10.2. The lowest BCUT2D eigenvalue weighted by atomic mass is 10.2. The van der Waals surface area contributed by atoms with E-state index in [4.69, 9.17) is 4.42 Å². The van der Waals surface area contributed by atoms with Crippen molar-refractivity contribution in [2.75, 3.05) is 0 Å².